The number of aromatic nitrogens is 1. The first kappa shape index (κ1) is 27.3. The molecule has 0 unspecified atom stereocenters. The molecular weight excluding hydrogens is 470 g/mol. The first-order valence-electron chi connectivity index (χ1n) is 13.4. The van der Waals surface area contributed by atoms with Gasteiger partial charge in [0.15, 0.2) is 5.67 Å². The number of hydrogen-bond donors (Lipinski definition) is 2. The van der Waals surface area contributed by atoms with Crippen molar-refractivity contribution in [2.24, 2.45) is 5.92 Å². The predicted molar refractivity (Wildman–Crippen MR) is 151 cm³/mol. The van der Waals surface area contributed by atoms with Crippen LogP contribution in [0, 0.1) is 5.92 Å². The molecule has 1 fully saturated rings. The molecule has 2 N–H and O–H groups in total. The summed E-state index contributed by atoms with van der Waals surface area (Å²) in [5.74, 6) is 1.06. The molecule has 0 spiro atoms. The number of H-pyrrole nitrogens is 1. The maximum Gasteiger partial charge on any atom is 0.161 e. The van der Waals surface area contributed by atoms with E-state index >= 15 is 4.39 Å². The van der Waals surface area contributed by atoms with Gasteiger partial charge in [0.1, 0.15) is 12.4 Å². The van der Waals surface area contributed by atoms with Crippen LogP contribution in [0.2, 0.25) is 0 Å². The number of benzene rings is 2. The van der Waals surface area contributed by atoms with Crippen LogP contribution in [-0.4, -0.2) is 49.7 Å². The average Bonchev–Trinajstić information content (AvgIpc) is 3.20. The van der Waals surface area contributed by atoms with E-state index < -0.39 is 5.67 Å². The Morgan fingerprint density at radius 3 is 2.54 bits per heavy atom. The molecule has 37 heavy (non-hydrogen) atoms. The first-order chi connectivity index (χ1) is 17.8. The maximum absolute atomic E-state index is 15.2. The lowest BCUT2D eigenvalue weighted by Gasteiger charge is -2.36. The second-order valence-corrected chi connectivity index (χ2v) is 10.9. The van der Waals surface area contributed by atoms with Crippen molar-refractivity contribution in [1.29, 1.82) is 0 Å². The van der Waals surface area contributed by atoms with Crippen molar-refractivity contribution in [3.63, 3.8) is 0 Å². The van der Waals surface area contributed by atoms with E-state index in [1.807, 2.05) is 25.1 Å². The zero-order valence-corrected chi connectivity index (χ0v) is 22.3. The number of rotatable bonds is 14. The Labute approximate surface area is 222 Å². The van der Waals surface area contributed by atoms with E-state index in [2.05, 4.69) is 61.1 Å². The lowest BCUT2D eigenvalue weighted by Crippen LogP contribution is -2.46. The summed E-state index contributed by atoms with van der Waals surface area (Å²) in [6.45, 7) is 11.9. The molecule has 1 aromatic heterocycles. The van der Waals surface area contributed by atoms with E-state index in [4.69, 9.17) is 9.47 Å². The lowest BCUT2D eigenvalue weighted by atomic mass is 9.80. The number of nitrogens with one attached hydrogen (secondary N) is 2. The van der Waals surface area contributed by atoms with Crippen LogP contribution in [0.15, 0.2) is 60.7 Å². The lowest BCUT2D eigenvalue weighted by molar-refractivity contribution is -0.128. The van der Waals surface area contributed by atoms with Crippen LogP contribution in [0.5, 0.6) is 5.75 Å². The fourth-order valence-electron chi connectivity index (χ4n) is 5.09. The van der Waals surface area contributed by atoms with Crippen LogP contribution in [0.4, 0.5) is 8.78 Å². The summed E-state index contributed by atoms with van der Waals surface area (Å²) in [4.78, 5) is 3.67. The van der Waals surface area contributed by atoms with Crippen LogP contribution in [0.3, 0.4) is 0 Å². The van der Waals surface area contributed by atoms with Crippen molar-refractivity contribution in [2.45, 2.75) is 57.7 Å². The molecule has 4 rings (SSSR count). The van der Waals surface area contributed by atoms with E-state index in [0.717, 1.165) is 34.5 Å². The molecule has 1 aliphatic rings. The van der Waals surface area contributed by atoms with Crippen molar-refractivity contribution >= 4 is 10.9 Å². The molecule has 2 atom stereocenters. The topological polar surface area (TPSA) is 46.3 Å². The van der Waals surface area contributed by atoms with Crippen molar-refractivity contribution in [3.05, 3.63) is 77.5 Å². The monoisotopic (exact) mass is 514 g/mol. The van der Waals surface area contributed by atoms with E-state index in [1.165, 1.54) is 10.9 Å². The standard InChI is InChI=1S/C31H40F2N2O2.2H2/c1-21(2)16-27-26-8-5-6-9-28(26)35-30(27)29(22(3)17-31(33)19-36-20-31)24-10-12-25(13-11-24)37-18-23(4)34-15-7-14-32;;/h5-6,8-13,21,23,29,34-35H,3,7,14-20H2,1-2,4H3;2*1H/t23-,29+;;/m0../s1. The van der Waals surface area contributed by atoms with Gasteiger partial charge < -0.3 is 19.8 Å². The van der Waals surface area contributed by atoms with Gasteiger partial charge in [-0.1, -0.05) is 56.3 Å². The third kappa shape index (κ3) is 6.79. The van der Waals surface area contributed by atoms with Gasteiger partial charge in [0, 0.05) is 37.8 Å². The van der Waals surface area contributed by atoms with Gasteiger partial charge in [-0.15, -0.1) is 0 Å². The summed E-state index contributed by atoms with van der Waals surface area (Å²) in [6, 6.07) is 16.5. The van der Waals surface area contributed by atoms with Crippen LogP contribution in [-0.2, 0) is 11.2 Å². The van der Waals surface area contributed by atoms with E-state index in [9.17, 15) is 4.39 Å². The Kier molecular flexibility index (Phi) is 9.04. The zero-order valence-electron chi connectivity index (χ0n) is 22.3. The Bertz CT molecular complexity index is 1180. The third-order valence-corrected chi connectivity index (χ3v) is 6.94. The van der Waals surface area contributed by atoms with Crippen LogP contribution >= 0.6 is 0 Å². The van der Waals surface area contributed by atoms with Crippen molar-refractivity contribution in [1.82, 2.24) is 10.3 Å². The number of aromatic amines is 1. The van der Waals surface area contributed by atoms with Crippen molar-refractivity contribution in [3.8, 4) is 5.75 Å². The molecule has 0 saturated carbocycles. The van der Waals surface area contributed by atoms with Crippen molar-refractivity contribution in [2.75, 3.05) is 33.0 Å². The minimum atomic E-state index is -1.35. The Hall–Kier alpha value is -2.70. The van der Waals surface area contributed by atoms with E-state index in [-0.39, 0.29) is 41.1 Å². The maximum atomic E-state index is 15.2. The predicted octanol–water partition coefficient (Wildman–Crippen LogP) is 7.39. The minimum Gasteiger partial charge on any atom is -0.492 e. The highest BCUT2D eigenvalue weighted by Crippen LogP contribution is 2.42. The second-order valence-electron chi connectivity index (χ2n) is 10.9. The largest absolute Gasteiger partial charge is 0.492 e. The van der Waals surface area contributed by atoms with Crippen LogP contribution in [0.25, 0.3) is 10.9 Å². The Morgan fingerprint density at radius 1 is 1.16 bits per heavy atom. The molecule has 1 saturated heterocycles. The normalized spacial score (nSPS) is 16.5. The molecule has 1 aliphatic heterocycles. The fraction of sp³-hybridized carbons (Fsp3) is 0.484. The van der Waals surface area contributed by atoms with Gasteiger partial charge in [-0.2, -0.15) is 0 Å². The molecule has 3 aromatic rings. The highest BCUT2D eigenvalue weighted by molar-refractivity contribution is 5.85. The van der Waals surface area contributed by atoms with E-state index in [1.54, 1.807) is 0 Å². The first-order valence-corrected chi connectivity index (χ1v) is 13.4. The number of para-hydroxylation sites is 1. The summed E-state index contributed by atoms with van der Waals surface area (Å²) in [5.41, 5.74) is 3.97. The average molecular weight is 515 g/mol. The zero-order chi connectivity index (χ0) is 26.4. The summed E-state index contributed by atoms with van der Waals surface area (Å²) in [7, 11) is 0. The molecule has 2 heterocycles. The molecule has 6 heteroatoms. The Morgan fingerprint density at radius 2 is 1.89 bits per heavy atom. The van der Waals surface area contributed by atoms with Gasteiger partial charge in [0.2, 0.25) is 0 Å². The molecule has 0 aliphatic carbocycles. The quantitative estimate of drug-likeness (QED) is 0.174. The molecule has 2 aromatic carbocycles. The fourth-order valence-corrected chi connectivity index (χ4v) is 5.09. The van der Waals surface area contributed by atoms with Gasteiger partial charge >= 0.3 is 0 Å². The second kappa shape index (κ2) is 12.2. The van der Waals surface area contributed by atoms with Gasteiger partial charge in [-0.25, -0.2) is 4.39 Å². The molecule has 0 amide bonds. The molecular formula is C31H44F2N2O2. The van der Waals surface area contributed by atoms with Crippen LogP contribution < -0.4 is 10.1 Å². The smallest absolute Gasteiger partial charge is 0.161 e. The van der Waals surface area contributed by atoms with Gasteiger partial charge in [0.25, 0.3) is 0 Å². The number of halogens is 2. The number of alkyl halides is 2. The van der Waals surface area contributed by atoms with Crippen molar-refractivity contribution < 1.29 is 21.1 Å². The molecule has 0 radical (unpaired) electrons. The minimum absolute atomic E-state index is 0. The van der Waals surface area contributed by atoms with Gasteiger partial charge in [-0.3, -0.25) is 4.39 Å². The SMILES string of the molecule is C=C(CC1(F)COC1)[C@H](c1ccc(OC[C@H](C)NCCCF)cc1)c1[nH]c2ccccc2c1CC(C)C.[HH].[HH]. The summed E-state index contributed by atoms with van der Waals surface area (Å²) in [5, 5.41) is 4.47. The summed E-state index contributed by atoms with van der Waals surface area (Å²) < 4.78 is 38.7. The highest BCUT2D eigenvalue weighted by atomic mass is 19.1. The van der Waals surface area contributed by atoms with Crippen LogP contribution in [0.1, 0.15) is 59.2 Å². The van der Waals surface area contributed by atoms with Gasteiger partial charge in [-0.05, 0) is 61.6 Å². The third-order valence-electron chi connectivity index (χ3n) is 6.94. The molecule has 0 bridgehead atoms. The highest BCUT2D eigenvalue weighted by Gasteiger charge is 2.41. The number of fused-ring (bicyclic) bond motifs is 1. The number of ether oxygens (including phenoxy) is 2. The molecule has 4 nitrogen and oxygen atoms in total. The number of hydrogen-bond acceptors (Lipinski definition) is 3. The molecule has 204 valence electrons. The Balaban J connectivity index is 0.00000267. The summed E-state index contributed by atoms with van der Waals surface area (Å²) in [6.07, 6.45) is 1.68. The van der Waals surface area contributed by atoms with E-state index in [0.29, 0.717) is 25.5 Å². The number of allylic oxidation sites excluding steroid dienone is 1. The summed E-state index contributed by atoms with van der Waals surface area (Å²) >= 11 is 0. The van der Waals surface area contributed by atoms with Gasteiger partial charge in [0.05, 0.1) is 19.9 Å².